The van der Waals surface area contributed by atoms with E-state index in [1.807, 2.05) is 32.9 Å². The van der Waals surface area contributed by atoms with Crippen molar-refractivity contribution in [3.8, 4) is 0 Å². The Balaban J connectivity index is 1.83. The molecule has 27 heavy (non-hydrogen) atoms. The van der Waals surface area contributed by atoms with Crippen LogP contribution in [0.1, 0.15) is 65.4 Å². The van der Waals surface area contributed by atoms with Gasteiger partial charge in [0.2, 0.25) is 0 Å². The highest BCUT2D eigenvalue weighted by molar-refractivity contribution is 7.90. The molecule has 150 valence electrons. The Bertz CT molecular complexity index is 796. The summed E-state index contributed by atoms with van der Waals surface area (Å²) in [6.45, 7) is 11.8. The Morgan fingerprint density at radius 3 is 2.48 bits per heavy atom. The molecular formula is C21H32N2O3S. The van der Waals surface area contributed by atoms with E-state index in [0.29, 0.717) is 5.58 Å². The maximum atomic E-state index is 11.9. The normalized spacial score (nSPS) is 13.3. The van der Waals surface area contributed by atoms with Crippen LogP contribution < -0.4 is 15.7 Å². The molecule has 1 unspecified atom stereocenters. The summed E-state index contributed by atoms with van der Waals surface area (Å²) in [4.78, 5) is 11.5. The number of nitrogens with one attached hydrogen (secondary N) is 2. The van der Waals surface area contributed by atoms with Gasteiger partial charge >= 0.3 is 5.63 Å². The molecule has 0 aliphatic rings. The Morgan fingerprint density at radius 1 is 1.11 bits per heavy atom. The third-order valence-electron chi connectivity index (χ3n) is 4.34. The lowest BCUT2D eigenvalue weighted by Crippen LogP contribution is -2.39. The number of benzene rings is 1. The van der Waals surface area contributed by atoms with Gasteiger partial charge in [0.25, 0.3) is 0 Å². The van der Waals surface area contributed by atoms with Crippen LogP contribution in [-0.2, 0) is 11.4 Å². The van der Waals surface area contributed by atoms with Crippen molar-refractivity contribution in [2.45, 2.75) is 64.5 Å². The number of rotatable bonds is 9. The predicted molar refractivity (Wildman–Crippen MR) is 115 cm³/mol. The van der Waals surface area contributed by atoms with Gasteiger partial charge < -0.3 is 14.3 Å². The van der Waals surface area contributed by atoms with Gasteiger partial charge in [-0.2, -0.15) is 0 Å². The van der Waals surface area contributed by atoms with Gasteiger partial charge in [-0.05, 0) is 57.7 Å². The van der Waals surface area contributed by atoms with Gasteiger partial charge in [0.05, 0.1) is 0 Å². The van der Waals surface area contributed by atoms with Crippen molar-refractivity contribution < 1.29 is 8.97 Å². The Kier molecular flexibility index (Phi) is 7.77. The molecule has 5 nitrogen and oxygen atoms in total. The summed E-state index contributed by atoms with van der Waals surface area (Å²) < 4.78 is 20.2. The van der Waals surface area contributed by atoms with Gasteiger partial charge in [-0.1, -0.05) is 20.3 Å². The van der Waals surface area contributed by atoms with E-state index in [4.69, 9.17) is 4.42 Å². The highest BCUT2D eigenvalue weighted by atomic mass is 32.2. The topological polar surface area (TPSA) is 77.3 Å². The molecule has 0 aliphatic carbocycles. The first-order valence-electron chi connectivity index (χ1n) is 9.65. The lowest BCUT2D eigenvalue weighted by molar-refractivity contribution is 0.540. The van der Waals surface area contributed by atoms with Crippen LogP contribution in [0.15, 0.2) is 33.5 Å². The van der Waals surface area contributed by atoms with Crippen LogP contribution in [0.5, 0.6) is 0 Å². The summed E-state index contributed by atoms with van der Waals surface area (Å²) in [6.07, 6.45) is 3.12. The molecule has 0 saturated carbocycles. The molecule has 0 radical (unpaired) electrons. The average Bonchev–Trinajstić information content (AvgIpc) is 2.59. The highest BCUT2D eigenvalue weighted by Crippen LogP contribution is 2.28. The second kappa shape index (κ2) is 9.62. The monoisotopic (exact) mass is 392 g/mol. The van der Waals surface area contributed by atoms with Crippen LogP contribution in [0.25, 0.3) is 11.0 Å². The van der Waals surface area contributed by atoms with Gasteiger partial charge in [0.1, 0.15) is 10.3 Å². The summed E-state index contributed by atoms with van der Waals surface area (Å²) in [5, 5.41) is 4.41. The van der Waals surface area contributed by atoms with Gasteiger partial charge in [-0.3, -0.25) is 0 Å². The maximum absolute atomic E-state index is 11.9. The largest absolute Gasteiger partial charge is 0.598 e. The summed E-state index contributed by atoms with van der Waals surface area (Å²) in [6, 6.07) is 7.38. The Labute approximate surface area is 165 Å². The lowest BCUT2D eigenvalue weighted by Gasteiger charge is -2.23. The number of fused-ring (bicyclic) bond motifs is 1. The van der Waals surface area contributed by atoms with Gasteiger partial charge in [0.15, 0.2) is 0 Å². The summed E-state index contributed by atoms with van der Waals surface area (Å²) in [5.74, 6) is 0.273. The van der Waals surface area contributed by atoms with E-state index in [1.54, 1.807) is 0 Å². The van der Waals surface area contributed by atoms with E-state index in [2.05, 4.69) is 30.0 Å². The van der Waals surface area contributed by atoms with Crippen molar-refractivity contribution in [2.75, 3.05) is 18.4 Å². The Hall–Kier alpha value is -1.50. The molecule has 2 N–H and O–H groups in total. The van der Waals surface area contributed by atoms with Crippen LogP contribution in [0, 0.1) is 0 Å². The summed E-state index contributed by atoms with van der Waals surface area (Å²) >= 11 is -0.993. The Morgan fingerprint density at radius 2 is 1.81 bits per heavy atom. The molecule has 0 saturated heterocycles. The molecular weight excluding hydrogens is 360 g/mol. The van der Waals surface area contributed by atoms with Crippen LogP contribution >= 0.6 is 0 Å². The molecule has 1 heterocycles. The smallest absolute Gasteiger partial charge is 0.336 e. The molecule has 0 fully saturated rings. The number of unbranched alkanes of at least 4 members (excludes halogenated alkanes) is 2. The van der Waals surface area contributed by atoms with E-state index in [9.17, 15) is 9.35 Å². The fraction of sp³-hybridized carbons (Fsp3) is 0.571. The van der Waals surface area contributed by atoms with Crippen LogP contribution in [0.4, 0.5) is 5.69 Å². The van der Waals surface area contributed by atoms with Gasteiger partial charge in [-0.25, -0.2) is 4.79 Å². The lowest BCUT2D eigenvalue weighted by atomic mass is 9.99. The highest BCUT2D eigenvalue weighted by Gasteiger charge is 2.25. The van der Waals surface area contributed by atoms with E-state index in [1.165, 1.54) is 6.07 Å². The predicted octanol–water partition coefficient (Wildman–Crippen LogP) is 4.55. The van der Waals surface area contributed by atoms with E-state index in [0.717, 1.165) is 49.0 Å². The van der Waals surface area contributed by atoms with Gasteiger partial charge in [-0.15, -0.1) is 4.72 Å². The van der Waals surface area contributed by atoms with Gasteiger partial charge in [0, 0.05) is 47.2 Å². The fourth-order valence-electron chi connectivity index (χ4n) is 2.78. The van der Waals surface area contributed by atoms with Crippen molar-refractivity contribution in [3.63, 3.8) is 0 Å². The molecule has 0 spiro atoms. The summed E-state index contributed by atoms with van der Waals surface area (Å²) in [7, 11) is 0. The van der Waals surface area contributed by atoms with E-state index < -0.39 is 11.4 Å². The first kappa shape index (κ1) is 21.8. The summed E-state index contributed by atoms with van der Waals surface area (Å²) in [5.41, 5.74) is 2.46. The second-order valence-electron chi connectivity index (χ2n) is 8.16. The quantitative estimate of drug-likeness (QED) is 0.372. The van der Waals surface area contributed by atoms with Crippen LogP contribution in [-0.4, -0.2) is 22.4 Å². The van der Waals surface area contributed by atoms with E-state index in [-0.39, 0.29) is 16.3 Å². The minimum atomic E-state index is -0.993. The SMILES string of the molecule is CC(C)c1cc(NCCCCCN[S+]([O-])C(C)(C)C)cc2ccc(=O)oc12. The standard InChI is InChI=1S/C21H32N2O3S/c1-15(2)18-14-17(13-16-9-10-19(24)26-20(16)18)22-11-7-6-8-12-23-27(25)21(3,4)5/h9-10,13-15,22-23H,6-8,11-12H2,1-5H3. The molecule has 0 bridgehead atoms. The van der Waals surface area contributed by atoms with Crippen molar-refractivity contribution in [1.29, 1.82) is 0 Å². The zero-order valence-corrected chi connectivity index (χ0v) is 17.9. The molecule has 6 heteroatoms. The van der Waals surface area contributed by atoms with Crippen molar-refractivity contribution in [2.24, 2.45) is 0 Å². The fourth-order valence-corrected chi connectivity index (χ4v) is 3.54. The minimum absolute atomic E-state index is 0.217. The third-order valence-corrected chi connectivity index (χ3v) is 5.92. The first-order valence-corrected chi connectivity index (χ1v) is 10.8. The molecule has 1 aromatic carbocycles. The zero-order valence-electron chi connectivity index (χ0n) is 17.1. The van der Waals surface area contributed by atoms with Crippen LogP contribution in [0.2, 0.25) is 0 Å². The second-order valence-corrected chi connectivity index (χ2v) is 10.2. The molecule has 1 aromatic heterocycles. The average molecular weight is 393 g/mol. The number of hydrogen-bond donors (Lipinski definition) is 2. The molecule has 0 aliphatic heterocycles. The molecule has 2 aromatic rings. The first-order chi connectivity index (χ1) is 12.7. The third kappa shape index (κ3) is 6.55. The minimum Gasteiger partial charge on any atom is -0.598 e. The van der Waals surface area contributed by atoms with Crippen molar-refractivity contribution >= 4 is 28.0 Å². The zero-order chi connectivity index (χ0) is 20.0. The maximum Gasteiger partial charge on any atom is 0.336 e. The van der Waals surface area contributed by atoms with Crippen molar-refractivity contribution in [1.82, 2.24) is 4.72 Å². The molecule has 1 atom stereocenters. The molecule has 0 amide bonds. The number of hydrogen-bond acceptors (Lipinski definition) is 5. The number of anilines is 1. The van der Waals surface area contributed by atoms with Crippen molar-refractivity contribution in [3.05, 3.63) is 40.2 Å². The van der Waals surface area contributed by atoms with E-state index >= 15 is 0 Å². The molecule has 2 rings (SSSR count). The van der Waals surface area contributed by atoms with Crippen LogP contribution in [0.3, 0.4) is 0 Å².